The molecule has 1 aliphatic rings. The second-order valence-corrected chi connectivity index (χ2v) is 7.19. The third kappa shape index (κ3) is 8.63. The summed E-state index contributed by atoms with van der Waals surface area (Å²) in [6.07, 6.45) is 6.81. The van der Waals surface area contributed by atoms with Gasteiger partial charge in [0.15, 0.2) is 0 Å². The molecule has 9 heteroatoms. The van der Waals surface area contributed by atoms with E-state index in [4.69, 9.17) is 5.73 Å². The van der Waals surface area contributed by atoms with Crippen molar-refractivity contribution in [3.63, 3.8) is 0 Å². The molecule has 1 aromatic heterocycles. The van der Waals surface area contributed by atoms with Crippen LogP contribution in [0.2, 0.25) is 0 Å². The molecular weight excluding hydrogens is 401 g/mol. The molecule has 28 heavy (non-hydrogen) atoms. The van der Waals surface area contributed by atoms with Gasteiger partial charge in [-0.2, -0.15) is 0 Å². The number of rotatable bonds is 7. The number of hydrogen-bond donors (Lipinski definition) is 3. The van der Waals surface area contributed by atoms with E-state index >= 15 is 0 Å². The summed E-state index contributed by atoms with van der Waals surface area (Å²) >= 11 is 0. The largest absolute Gasteiger partial charge is 0.357 e. The van der Waals surface area contributed by atoms with Crippen molar-refractivity contribution in [1.29, 1.82) is 0 Å². The summed E-state index contributed by atoms with van der Waals surface area (Å²) in [5.74, 6) is 0.480. The summed E-state index contributed by atoms with van der Waals surface area (Å²) in [7, 11) is 0. The first kappa shape index (κ1) is 26.4. The number of nitrogens with one attached hydrogen (secondary N) is 2. The molecule has 1 fully saturated rings. The number of carbonyl (C=O) groups is 2. The molecule has 1 atom stereocenters. The van der Waals surface area contributed by atoms with Crippen molar-refractivity contribution in [2.45, 2.75) is 52.1 Å². The fourth-order valence-electron chi connectivity index (χ4n) is 2.86. The van der Waals surface area contributed by atoms with Crippen molar-refractivity contribution in [3.8, 4) is 0 Å². The first-order valence-corrected chi connectivity index (χ1v) is 9.47. The molecule has 4 N–H and O–H groups in total. The van der Waals surface area contributed by atoms with Crippen molar-refractivity contribution in [3.05, 3.63) is 23.9 Å². The lowest BCUT2D eigenvalue weighted by Crippen LogP contribution is -2.47. The molecule has 0 aromatic carbocycles. The molecule has 2 rings (SSSR count). The van der Waals surface area contributed by atoms with E-state index in [1.165, 1.54) is 25.7 Å². The summed E-state index contributed by atoms with van der Waals surface area (Å²) in [6, 6.07) is 3.40. The maximum absolute atomic E-state index is 11.9. The number of pyridine rings is 1. The minimum Gasteiger partial charge on any atom is -0.357 e. The molecule has 1 aliphatic heterocycles. The summed E-state index contributed by atoms with van der Waals surface area (Å²) in [5.41, 5.74) is 6.67. The number of halogens is 2. The Kier molecular flexibility index (Phi) is 12.8. The Balaban J connectivity index is 0.00000364. The fraction of sp³-hybridized carbons (Fsp3) is 0.632. The number of nitrogens with zero attached hydrogens (tertiary/aromatic N) is 2. The van der Waals surface area contributed by atoms with Crippen molar-refractivity contribution < 1.29 is 9.59 Å². The second kappa shape index (κ2) is 13.6. The lowest BCUT2D eigenvalue weighted by molar-refractivity contribution is -0.127. The highest BCUT2D eigenvalue weighted by molar-refractivity contribution is 5.87. The quantitative estimate of drug-likeness (QED) is 0.610. The Labute approximate surface area is 180 Å². The van der Waals surface area contributed by atoms with Crippen LogP contribution in [0.5, 0.6) is 0 Å². The van der Waals surface area contributed by atoms with Crippen LogP contribution in [0.1, 0.15) is 45.1 Å². The zero-order valence-electron chi connectivity index (χ0n) is 16.6. The van der Waals surface area contributed by atoms with Gasteiger partial charge in [-0.15, -0.1) is 24.8 Å². The van der Waals surface area contributed by atoms with E-state index in [0.29, 0.717) is 6.54 Å². The summed E-state index contributed by atoms with van der Waals surface area (Å²) in [6.45, 7) is 6.17. The van der Waals surface area contributed by atoms with E-state index in [1.807, 2.05) is 26.0 Å². The third-order valence-electron chi connectivity index (χ3n) is 4.67. The summed E-state index contributed by atoms with van der Waals surface area (Å²) < 4.78 is 0. The van der Waals surface area contributed by atoms with Gasteiger partial charge in [0.2, 0.25) is 11.8 Å². The van der Waals surface area contributed by atoms with E-state index in [1.54, 1.807) is 6.20 Å². The van der Waals surface area contributed by atoms with Crippen molar-refractivity contribution >= 4 is 42.4 Å². The van der Waals surface area contributed by atoms with Gasteiger partial charge in [0, 0.05) is 25.8 Å². The maximum Gasteiger partial charge on any atom is 0.239 e. The third-order valence-corrected chi connectivity index (χ3v) is 4.67. The highest BCUT2D eigenvalue weighted by Crippen LogP contribution is 2.17. The van der Waals surface area contributed by atoms with Crippen LogP contribution < -0.4 is 21.3 Å². The number of hydrogen-bond acceptors (Lipinski definition) is 5. The predicted molar refractivity (Wildman–Crippen MR) is 117 cm³/mol. The van der Waals surface area contributed by atoms with E-state index < -0.39 is 6.04 Å². The molecule has 0 spiro atoms. The highest BCUT2D eigenvalue weighted by Gasteiger charge is 2.17. The predicted octanol–water partition coefficient (Wildman–Crippen LogP) is 2.02. The number of carbonyl (C=O) groups excluding carboxylic acids is 2. The van der Waals surface area contributed by atoms with E-state index in [9.17, 15) is 9.59 Å². The molecule has 1 aromatic rings. The molecule has 1 saturated heterocycles. The Bertz CT molecular complexity index is 590. The van der Waals surface area contributed by atoms with Crippen LogP contribution in [0.15, 0.2) is 18.3 Å². The topological polar surface area (TPSA) is 100 Å². The molecule has 2 amide bonds. The van der Waals surface area contributed by atoms with Gasteiger partial charge in [0.25, 0.3) is 0 Å². The lowest BCUT2D eigenvalue weighted by Gasteiger charge is -2.21. The van der Waals surface area contributed by atoms with Crippen molar-refractivity contribution in [2.75, 3.05) is 24.5 Å². The van der Waals surface area contributed by atoms with Crippen LogP contribution in [0.3, 0.4) is 0 Å². The summed E-state index contributed by atoms with van der Waals surface area (Å²) in [5, 5.41) is 5.34. The maximum atomic E-state index is 11.9. The first-order valence-electron chi connectivity index (χ1n) is 9.47. The SMILES string of the molecule is CC(C)[C@H](N)C(=O)NCC(=O)NCc1ccc(N2CCCCCC2)nc1.Cl.Cl. The average molecular weight is 434 g/mol. The van der Waals surface area contributed by atoms with E-state index in [0.717, 1.165) is 24.5 Å². The smallest absolute Gasteiger partial charge is 0.239 e. The number of amides is 2. The highest BCUT2D eigenvalue weighted by atomic mass is 35.5. The first-order chi connectivity index (χ1) is 12.5. The van der Waals surface area contributed by atoms with Gasteiger partial charge in [-0.1, -0.05) is 32.8 Å². The average Bonchev–Trinajstić information content (AvgIpc) is 2.93. The van der Waals surface area contributed by atoms with Gasteiger partial charge in [0.05, 0.1) is 12.6 Å². The van der Waals surface area contributed by atoms with Crippen molar-refractivity contribution in [1.82, 2.24) is 15.6 Å². The Hall–Kier alpha value is -1.57. The zero-order valence-corrected chi connectivity index (χ0v) is 18.3. The minimum absolute atomic E-state index is 0. The molecule has 0 radical (unpaired) electrons. The molecular formula is C19H33Cl2N5O2. The standard InChI is InChI=1S/C19H31N5O2.2ClH/c1-14(2)18(20)19(26)23-13-17(25)22-12-15-7-8-16(21-11-15)24-9-5-3-4-6-10-24;;/h7-8,11,14,18H,3-6,9-10,12-13,20H2,1-2H3,(H,22,25)(H,23,26);2*1H/t18-;;/m0../s1. The van der Waals surface area contributed by atoms with Gasteiger partial charge in [-0.25, -0.2) is 4.98 Å². The van der Waals surface area contributed by atoms with Crippen LogP contribution in [0.4, 0.5) is 5.82 Å². The minimum atomic E-state index is -0.599. The fourth-order valence-corrected chi connectivity index (χ4v) is 2.86. The number of aromatic nitrogens is 1. The molecule has 160 valence electrons. The molecule has 2 heterocycles. The van der Waals surface area contributed by atoms with Crippen LogP contribution in [-0.2, 0) is 16.1 Å². The molecule has 7 nitrogen and oxygen atoms in total. The van der Waals surface area contributed by atoms with Crippen molar-refractivity contribution in [2.24, 2.45) is 11.7 Å². The van der Waals surface area contributed by atoms with Gasteiger partial charge in [-0.3, -0.25) is 9.59 Å². The lowest BCUT2D eigenvalue weighted by atomic mass is 10.1. The summed E-state index contributed by atoms with van der Waals surface area (Å²) in [4.78, 5) is 30.5. The van der Waals surface area contributed by atoms with Gasteiger partial charge in [0.1, 0.15) is 5.82 Å². The Morgan fingerprint density at radius 3 is 2.29 bits per heavy atom. The second-order valence-electron chi connectivity index (χ2n) is 7.19. The number of anilines is 1. The van der Waals surface area contributed by atoms with Gasteiger partial charge >= 0.3 is 0 Å². The Morgan fingerprint density at radius 2 is 1.75 bits per heavy atom. The van der Waals surface area contributed by atoms with E-state index in [-0.39, 0.29) is 49.1 Å². The van der Waals surface area contributed by atoms with E-state index in [2.05, 4.69) is 20.5 Å². The molecule has 0 saturated carbocycles. The van der Waals surface area contributed by atoms with Gasteiger partial charge in [-0.05, 0) is 30.4 Å². The van der Waals surface area contributed by atoms with Crippen LogP contribution in [-0.4, -0.2) is 42.5 Å². The normalized spacial score (nSPS) is 14.9. The monoisotopic (exact) mass is 433 g/mol. The molecule has 0 aliphatic carbocycles. The molecule has 0 bridgehead atoms. The Morgan fingerprint density at radius 1 is 1.11 bits per heavy atom. The number of nitrogens with two attached hydrogens (primary N) is 1. The zero-order chi connectivity index (χ0) is 18.9. The molecule has 0 unspecified atom stereocenters. The van der Waals surface area contributed by atoms with Crippen LogP contribution in [0.25, 0.3) is 0 Å². The van der Waals surface area contributed by atoms with Gasteiger partial charge < -0.3 is 21.3 Å². The van der Waals surface area contributed by atoms with Crippen LogP contribution in [0, 0.1) is 5.92 Å². The van der Waals surface area contributed by atoms with Crippen LogP contribution >= 0.6 is 24.8 Å².